The number of benzene rings is 2. The number of carbonyl (C=O) groups excluding carboxylic acids is 2. The summed E-state index contributed by atoms with van der Waals surface area (Å²) < 4.78 is 0.821. The third-order valence-corrected chi connectivity index (χ3v) is 4.41. The Bertz CT molecular complexity index is 759. The second-order valence-electron chi connectivity index (χ2n) is 5.80. The van der Waals surface area contributed by atoms with E-state index in [-0.39, 0.29) is 17.9 Å². The lowest BCUT2D eigenvalue weighted by Crippen LogP contribution is -2.32. The summed E-state index contributed by atoms with van der Waals surface area (Å²) in [6.45, 7) is 5.94. The molecule has 0 saturated heterocycles. The molecule has 2 N–H and O–H groups in total. The fourth-order valence-electron chi connectivity index (χ4n) is 2.13. The van der Waals surface area contributed by atoms with E-state index in [0.717, 1.165) is 16.5 Å². The van der Waals surface area contributed by atoms with E-state index in [1.807, 2.05) is 39.0 Å². The molecule has 0 bridgehead atoms. The van der Waals surface area contributed by atoms with Crippen LogP contribution in [-0.2, 0) is 0 Å². The third kappa shape index (κ3) is 4.68. The molecule has 2 aromatic rings. The quantitative estimate of drug-likeness (QED) is 0.789. The molecule has 0 aliphatic rings. The van der Waals surface area contributed by atoms with Crippen molar-refractivity contribution in [2.24, 2.45) is 0 Å². The molecule has 1 unspecified atom stereocenters. The maximum atomic E-state index is 12.4. The van der Waals surface area contributed by atoms with Crippen LogP contribution in [0.15, 0.2) is 46.9 Å². The lowest BCUT2D eigenvalue weighted by atomic mass is 10.1. The van der Waals surface area contributed by atoms with Gasteiger partial charge in [0.05, 0.1) is 5.69 Å². The lowest BCUT2D eigenvalue weighted by Gasteiger charge is -2.12. The molecular formula is C19H21BrN2O2. The minimum Gasteiger partial charge on any atom is -0.350 e. The van der Waals surface area contributed by atoms with Crippen molar-refractivity contribution in [3.8, 4) is 0 Å². The molecule has 0 fully saturated rings. The summed E-state index contributed by atoms with van der Waals surface area (Å²) in [5.74, 6) is -0.423. The van der Waals surface area contributed by atoms with Gasteiger partial charge in [0.25, 0.3) is 11.8 Å². The third-order valence-electron chi connectivity index (χ3n) is 3.75. The molecule has 0 aliphatic carbocycles. The van der Waals surface area contributed by atoms with E-state index >= 15 is 0 Å². The molecule has 2 rings (SSSR count). The van der Waals surface area contributed by atoms with Crippen LogP contribution in [0, 0.1) is 6.92 Å². The first kappa shape index (κ1) is 18.2. The zero-order valence-corrected chi connectivity index (χ0v) is 15.6. The molecule has 4 nitrogen and oxygen atoms in total. The molecule has 0 spiro atoms. The summed E-state index contributed by atoms with van der Waals surface area (Å²) in [5.41, 5.74) is 2.72. The van der Waals surface area contributed by atoms with Gasteiger partial charge in [-0.25, -0.2) is 0 Å². The van der Waals surface area contributed by atoms with Crippen LogP contribution < -0.4 is 10.6 Å². The number of hydrogen-bond acceptors (Lipinski definition) is 2. The zero-order chi connectivity index (χ0) is 17.7. The van der Waals surface area contributed by atoms with Gasteiger partial charge >= 0.3 is 0 Å². The SMILES string of the molecule is CCC(C)NC(=O)c1cccc(C(=O)Nc2ccc(C)cc2Br)c1. The highest BCUT2D eigenvalue weighted by molar-refractivity contribution is 9.10. The summed E-state index contributed by atoms with van der Waals surface area (Å²) in [5, 5.41) is 5.75. The van der Waals surface area contributed by atoms with Gasteiger partial charge in [0.2, 0.25) is 0 Å². The van der Waals surface area contributed by atoms with Crippen molar-refractivity contribution in [3.63, 3.8) is 0 Å². The average Bonchev–Trinajstić information content (AvgIpc) is 2.57. The molecule has 1 atom stereocenters. The second-order valence-corrected chi connectivity index (χ2v) is 6.66. The average molecular weight is 389 g/mol. The van der Waals surface area contributed by atoms with Crippen LogP contribution in [0.2, 0.25) is 0 Å². The normalized spacial score (nSPS) is 11.7. The van der Waals surface area contributed by atoms with Crippen LogP contribution in [0.4, 0.5) is 5.69 Å². The van der Waals surface area contributed by atoms with Crippen LogP contribution in [-0.4, -0.2) is 17.9 Å². The summed E-state index contributed by atoms with van der Waals surface area (Å²) in [6.07, 6.45) is 0.855. The van der Waals surface area contributed by atoms with Gasteiger partial charge in [-0.15, -0.1) is 0 Å². The molecule has 0 heterocycles. The van der Waals surface area contributed by atoms with E-state index in [1.165, 1.54) is 0 Å². The van der Waals surface area contributed by atoms with Crippen LogP contribution in [0.3, 0.4) is 0 Å². The fraction of sp³-hybridized carbons (Fsp3) is 0.263. The lowest BCUT2D eigenvalue weighted by molar-refractivity contribution is 0.0939. The van der Waals surface area contributed by atoms with Gasteiger partial charge in [0, 0.05) is 21.6 Å². The molecule has 24 heavy (non-hydrogen) atoms. The zero-order valence-electron chi connectivity index (χ0n) is 14.0. The predicted octanol–water partition coefficient (Wildman–Crippen LogP) is 4.54. The molecule has 5 heteroatoms. The number of anilines is 1. The Hall–Kier alpha value is -2.14. The largest absolute Gasteiger partial charge is 0.350 e. The van der Waals surface area contributed by atoms with Crippen molar-refractivity contribution in [3.05, 3.63) is 63.6 Å². The number of halogens is 1. The standard InChI is InChI=1S/C19H21BrN2O2/c1-4-13(3)21-18(23)14-6-5-7-15(11-14)19(24)22-17-9-8-12(2)10-16(17)20/h5-11,13H,4H2,1-3H3,(H,21,23)(H,22,24). The van der Waals surface area contributed by atoms with E-state index in [0.29, 0.717) is 16.8 Å². The van der Waals surface area contributed by atoms with Crippen LogP contribution in [0.1, 0.15) is 46.5 Å². The molecule has 0 aromatic heterocycles. The molecular weight excluding hydrogens is 368 g/mol. The van der Waals surface area contributed by atoms with E-state index in [9.17, 15) is 9.59 Å². The molecule has 0 radical (unpaired) electrons. The highest BCUT2D eigenvalue weighted by Crippen LogP contribution is 2.24. The van der Waals surface area contributed by atoms with Gasteiger partial charge < -0.3 is 10.6 Å². The maximum Gasteiger partial charge on any atom is 0.255 e. The van der Waals surface area contributed by atoms with Crippen molar-refractivity contribution in [1.29, 1.82) is 0 Å². The summed E-state index contributed by atoms with van der Waals surface area (Å²) >= 11 is 3.44. The molecule has 126 valence electrons. The Kier molecular flexibility index (Phi) is 6.15. The first-order chi connectivity index (χ1) is 11.4. The summed E-state index contributed by atoms with van der Waals surface area (Å²) in [7, 11) is 0. The van der Waals surface area contributed by atoms with E-state index in [1.54, 1.807) is 24.3 Å². The second kappa shape index (κ2) is 8.11. The Labute approximate surface area is 150 Å². The number of aryl methyl sites for hydroxylation is 1. The van der Waals surface area contributed by atoms with Crippen molar-refractivity contribution < 1.29 is 9.59 Å². The number of rotatable bonds is 5. The van der Waals surface area contributed by atoms with Gasteiger partial charge in [-0.2, -0.15) is 0 Å². The van der Waals surface area contributed by atoms with Gasteiger partial charge in [0.1, 0.15) is 0 Å². The van der Waals surface area contributed by atoms with Gasteiger partial charge in [-0.3, -0.25) is 9.59 Å². The molecule has 0 aliphatic heterocycles. The van der Waals surface area contributed by atoms with Gasteiger partial charge in [-0.05, 0) is 72.1 Å². The minimum atomic E-state index is -0.252. The Morgan fingerprint density at radius 3 is 2.38 bits per heavy atom. The minimum absolute atomic E-state index is 0.0958. The highest BCUT2D eigenvalue weighted by Gasteiger charge is 2.13. The highest BCUT2D eigenvalue weighted by atomic mass is 79.9. The van der Waals surface area contributed by atoms with Crippen molar-refractivity contribution in [1.82, 2.24) is 5.32 Å². The van der Waals surface area contributed by atoms with Gasteiger partial charge in [0.15, 0.2) is 0 Å². The summed E-state index contributed by atoms with van der Waals surface area (Å²) in [6, 6.07) is 12.5. The van der Waals surface area contributed by atoms with Crippen molar-refractivity contribution in [2.75, 3.05) is 5.32 Å². The van der Waals surface area contributed by atoms with Crippen LogP contribution >= 0.6 is 15.9 Å². The molecule has 2 aromatic carbocycles. The predicted molar refractivity (Wildman–Crippen MR) is 100 cm³/mol. The smallest absolute Gasteiger partial charge is 0.255 e. The number of hydrogen-bond donors (Lipinski definition) is 2. The van der Waals surface area contributed by atoms with E-state index in [4.69, 9.17) is 0 Å². The topological polar surface area (TPSA) is 58.2 Å². The summed E-state index contributed by atoms with van der Waals surface area (Å²) in [4.78, 5) is 24.6. The van der Waals surface area contributed by atoms with Crippen molar-refractivity contribution >= 4 is 33.4 Å². The first-order valence-electron chi connectivity index (χ1n) is 7.89. The molecule has 2 amide bonds. The van der Waals surface area contributed by atoms with Gasteiger partial charge in [-0.1, -0.05) is 19.1 Å². The number of amides is 2. The fourth-order valence-corrected chi connectivity index (χ4v) is 2.72. The maximum absolute atomic E-state index is 12.4. The Balaban J connectivity index is 2.15. The number of carbonyl (C=O) groups is 2. The van der Waals surface area contributed by atoms with Crippen molar-refractivity contribution in [2.45, 2.75) is 33.2 Å². The Morgan fingerprint density at radius 1 is 1.08 bits per heavy atom. The van der Waals surface area contributed by atoms with Crippen LogP contribution in [0.25, 0.3) is 0 Å². The van der Waals surface area contributed by atoms with E-state index in [2.05, 4.69) is 26.6 Å². The van der Waals surface area contributed by atoms with Crippen LogP contribution in [0.5, 0.6) is 0 Å². The molecule has 0 saturated carbocycles. The number of nitrogens with one attached hydrogen (secondary N) is 2. The monoisotopic (exact) mass is 388 g/mol. The Morgan fingerprint density at radius 2 is 1.75 bits per heavy atom. The van der Waals surface area contributed by atoms with E-state index < -0.39 is 0 Å². The first-order valence-corrected chi connectivity index (χ1v) is 8.68.